The number of nitrogens with zero attached hydrogens (tertiary/aromatic N) is 2. The second-order valence-electron chi connectivity index (χ2n) is 6.28. The van der Waals surface area contributed by atoms with Crippen molar-refractivity contribution in [1.29, 1.82) is 0 Å². The Balaban J connectivity index is 2.80. The first-order valence-electron chi connectivity index (χ1n) is 7.68. The Morgan fingerprint density at radius 2 is 2.00 bits per heavy atom. The number of hydrogen-bond acceptors (Lipinski definition) is 8. The van der Waals surface area contributed by atoms with Gasteiger partial charge in [0.25, 0.3) is 5.22 Å². The Bertz CT molecular complexity index is 556. The van der Waals surface area contributed by atoms with E-state index < -0.39 is 17.7 Å². The monoisotopic (exact) mass is 359 g/mol. The van der Waals surface area contributed by atoms with Gasteiger partial charge in [-0.1, -0.05) is 32.0 Å². The molecule has 1 N–H and O–H groups in total. The molecule has 0 radical (unpaired) electrons. The van der Waals surface area contributed by atoms with E-state index in [2.05, 4.69) is 20.3 Å². The highest BCUT2D eigenvalue weighted by Crippen LogP contribution is 2.26. The average molecular weight is 359 g/mol. The maximum absolute atomic E-state index is 12.0. The van der Waals surface area contributed by atoms with Crippen LogP contribution < -0.4 is 5.32 Å². The molecule has 0 bridgehead atoms. The summed E-state index contributed by atoms with van der Waals surface area (Å²) in [6.45, 7) is 9.34. The van der Waals surface area contributed by atoms with E-state index in [9.17, 15) is 9.59 Å². The first kappa shape index (κ1) is 20.3. The van der Waals surface area contributed by atoms with Crippen LogP contribution in [0.25, 0.3) is 0 Å². The van der Waals surface area contributed by atoms with E-state index in [4.69, 9.17) is 9.15 Å². The summed E-state index contributed by atoms with van der Waals surface area (Å²) in [4.78, 5) is 23.2. The topological polar surface area (TPSA) is 104 Å². The van der Waals surface area contributed by atoms with Crippen LogP contribution in [0.1, 0.15) is 53.0 Å². The number of carbonyl (C=O) groups is 2. The van der Waals surface area contributed by atoms with Crippen molar-refractivity contribution in [2.24, 2.45) is 5.92 Å². The summed E-state index contributed by atoms with van der Waals surface area (Å²) in [6.07, 6.45) is 0.253. The van der Waals surface area contributed by atoms with Gasteiger partial charge in [-0.15, -0.1) is 10.2 Å². The Morgan fingerprint density at radius 3 is 2.54 bits per heavy atom. The predicted molar refractivity (Wildman–Crippen MR) is 88.6 cm³/mol. The maximum Gasteiger partial charge on any atom is 0.408 e. The van der Waals surface area contributed by atoms with Crippen molar-refractivity contribution < 1.29 is 23.5 Å². The highest BCUT2D eigenvalue weighted by atomic mass is 32.2. The fourth-order valence-electron chi connectivity index (χ4n) is 1.70. The summed E-state index contributed by atoms with van der Waals surface area (Å²) in [5.74, 6) is 0.0372. The fraction of sp³-hybridized carbons (Fsp3) is 0.733. The molecule has 1 rings (SSSR count). The van der Waals surface area contributed by atoms with Crippen LogP contribution in [0, 0.1) is 5.92 Å². The molecule has 2 unspecified atom stereocenters. The SMILES string of the molecule is CCC(C)C(NC(=O)OC(C)(C)C)c1nnc(SCC(=O)OC)o1. The molecule has 8 nitrogen and oxygen atoms in total. The second-order valence-corrected chi connectivity index (χ2v) is 7.21. The van der Waals surface area contributed by atoms with Crippen molar-refractivity contribution in [2.75, 3.05) is 12.9 Å². The van der Waals surface area contributed by atoms with Gasteiger partial charge >= 0.3 is 12.1 Å². The van der Waals surface area contributed by atoms with Crippen molar-refractivity contribution in [3.8, 4) is 0 Å². The molecule has 0 aliphatic carbocycles. The highest BCUT2D eigenvalue weighted by molar-refractivity contribution is 7.99. The van der Waals surface area contributed by atoms with E-state index >= 15 is 0 Å². The van der Waals surface area contributed by atoms with Crippen LogP contribution in [-0.4, -0.2) is 40.7 Å². The van der Waals surface area contributed by atoms with E-state index in [1.54, 1.807) is 20.8 Å². The molecule has 0 saturated heterocycles. The van der Waals surface area contributed by atoms with Crippen molar-refractivity contribution in [1.82, 2.24) is 15.5 Å². The van der Waals surface area contributed by atoms with Crippen LogP contribution in [0.5, 0.6) is 0 Å². The zero-order valence-electron chi connectivity index (χ0n) is 14.9. The lowest BCUT2D eigenvalue weighted by Crippen LogP contribution is -2.37. The number of alkyl carbamates (subject to hydrolysis) is 1. The highest BCUT2D eigenvalue weighted by Gasteiger charge is 2.28. The largest absolute Gasteiger partial charge is 0.468 e. The predicted octanol–water partition coefficient (Wildman–Crippen LogP) is 2.95. The quantitative estimate of drug-likeness (QED) is 0.585. The second kappa shape index (κ2) is 8.91. The lowest BCUT2D eigenvalue weighted by Gasteiger charge is -2.24. The molecule has 1 heterocycles. The van der Waals surface area contributed by atoms with Gasteiger partial charge in [0, 0.05) is 0 Å². The van der Waals surface area contributed by atoms with Crippen LogP contribution >= 0.6 is 11.8 Å². The van der Waals surface area contributed by atoms with E-state index in [0.29, 0.717) is 0 Å². The minimum atomic E-state index is -0.597. The van der Waals surface area contributed by atoms with Gasteiger partial charge in [0.1, 0.15) is 17.4 Å². The van der Waals surface area contributed by atoms with Gasteiger partial charge in [0.15, 0.2) is 0 Å². The zero-order valence-corrected chi connectivity index (χ0v) is 15.7. The van der Waals surface area contributed by atoms with Gasteiger partial charge in [-0.05, 0) is 26.7 Å². The first-order chi connectivity index (χ1) is 11.2. The maximum atomic E-state index is 12.0. The molecular formula is C15H25N3O5S. The standard InChI is InChI=1S/C15H25N3O5S/c1-7-9(2)11(16-13(20)23-15(3,4)5)12-17-18-14(22-12)24-8-10(19)21-6/h9,11H,7-8H2,1-6H3,(H,16,20). The van der Waals surface area contributed by atoms with Gasteiger partial charge in [0.2, 0.25) is 5.89 Å². The molecule has 1 aromatic heterocycles. The zero-order chi connectivity index (χ0) is 18.3. The Hall–Kier alpha value is -1.77. The molecule has 1 aromatic rings. The summed E-state index contributed by atoms with van der Waals surface area (Å²) in [5, 5.41) is 10.9. The van der Waals surface area contributed by atoms with Crippen molar-refractivity contribution in [2.45, 2.75) is 57.9 Å². The molecule has 0 aliphatic heterocycles. The van der Waals surface area contributed by atoms with Gasteiger partial charge in [-0.25, -0.2) is 4.79 Å². The van der Waals surface area contributed by atoms with Gasteiger partial charge in [-0.3, -0.25) is 4.79 Å². The Kier molecular flexibility index (Phi) is 7.53. The van der Waals surface area contributed by atoms with Gasteiger partial charge in [-0.2, -0.15) is 0 Å². The number of amides is 1. The van der Waals surface area contributed by atoms with Crippen LogP contribution in [0.15, 0.2) is 9.64 Å². The summed E-state index contributed by atoms with van der Waals surface area (Å²) in [7, 11) is 1.31. The summed E-state index contributed by atoms with van der Waals surface area (Å²) >= 11 is 1.08. The molecule has 1 amide bonds. The molecule has 0 spiro atoms. The van der Waals surface area contributed by atoms with Crippen LogP contribution in [-0.2, 0) is 14.3 Å². The van der Waals surface area contributed by atoms with E-state index in [1.807, 2.05) is 13.8 Å². The number of aromatic nitrogens is 2. The van der Waals surface area contributed by atoms with E-state index in [1.165, 1.54) is 7.11 Å². The average Bonchev–Trinajstić information content (AvgIpc) is 2.96. The van der Waals surface area contributed by atoms with Crippen molar-refractivity contribution in [3.63, 3.8) is 0 Å². The van der Waals surface area contributed by atoms with E-state index in [-0.39, 0.29) is 28.8 Å². The van der Waals surface area contributed by atoms with Crippen molar-refractivity contribution >= 4 is 23.8 Å². The number of thioether (sulfide) groups is 1. The van der Waals surface area contributed by atoms with Gasteiger partial charge < -0.3 is 19.2 Å². The van der Waals surface area contributed by atoms with Crippen LogP contribution in [0.4, 0.5) is 4.79 Å². The fourth-order valence-corrected chi connectivity index (χ4v) is 2.30. The number of esters is 1. The number of rotatable bonds is 7. The Morgan fingerprint density at radius 1 is 1.33 bits per heavy atom. The summed E-state index contributed by atoms with van der Waals surface area (Å²) in [6, 6.07) is -0.468. The molecule has 0 fully saturated rings. The smallest absolute Gasteiger partial charge is 0.408 e. The van der Waals surface area contributed by atoms with Crippen LogP contribution in [0.2, 0.25) is 0 Å². The van der Waals surface area contributed by atoms with Gasteiger partial charge in [0.05, 0.1) is 7.11 Å². The molecule has 2 atom stereocenters. The summed E-state index contributed by atoms with van der Waals surface area (Å²) in [5.41, 5.74) is -0.597. The van der Waals surface area contributed by atoms with Crippen molar-refractivity contribution in [3.05, 3.63) is 5.89 Å². The van der Waals surface area contributed by atoms with Crippen LogP contribution in [0.3, 0.4) is 0 Å². The number of ether oxygens (including phenoxy) is 2. The first-order valence-corrected chi connectivity index (χ1v) is 8.67. The molecule has 0 saturated carbocycles. The number of carbonyl (C=O) groups excluding carboxylic acids is 2. The molecule has 136 valence electrons. The third-order valence-corrected chi connectivity index (χ3v) is 3.91. The molecule has 0 aromatic carbocycles. The lowest BCUT2D eigenvalue weighted by molar-refractivity contribution is -0.137. The summed E-state index contributed by atoms with van der Waals surface area (Å²) < 4.78 is 15.4. The minimum Gasteiger partial charge on any atom is -0.468 e. The molecule has 9 heteroatoms. The minimum absolute atomic E-state index is 0.0661. The lowest BCUT2D eigenvalue weighted by atomic mass is 9.99. The molecule has 0 aliphatic rings. The molecular weight excluding hydrogens is 334 g/mol. The van der Waals surface area contributed by atoms with E-state index in [0.717, 1.165) is 18.2 Å². The normalized spacial score (nSPS) is 13.9. The third kappa shape index (κ3) is 6.77. The Labute approximate surface area is 146 Å². The third-order valence-electron chi connectivity index (χ3n) is 3.11. The molecule has 24 heavy (non-hydrogen) atoms. The number of nitrogens with one attached hydrogen (secondary N) is 1. The number of hydrogen-bond donors (Lipinski definition) is 1. The number of methoxy groups -OCH3 is 1.